The Morgan fingerprint density at radius 3 is 2.70 bits per heavy atom. The van der Waals surface area contributed by atoms with Gasteiger partial charge in [-0.05, 0) is 17.7 Å². The van der Waals surface area contributed by atoms with Crippen molar-refractivity contribution in [1.82, 2.24) is 10.6 Å². The number of rotatable bonds is 7. The summed E-state index contributed by atoms with van der Waals surface area (Å²) in [6.07, 6.45) is 0.469. The maximum absolute atomic E-state index is 11.3. The Bertz CT molecular complexity index is 449. The van der Waals surface area contributed by atoms with Crippen LogP contribution in [0, 0.1) is 0 Å². The summed E-state index contributed by atoms with van der Waals surface area (Å²) in [5.41, 5.74) is 2.25. The second-order valence-corrected chi connectivity index (χ2v) is 5.59. The Morgan fingerprint density at radius 2 is 2.10 bits per heavy atom. The Balaban J connectivity index is 2.79. The van der Waals surface area contributed by atoms with Gasteiger partial charge in [0, 0.05) is 50.4 Å². The van der Waals surface area contributed by atoms with E-state index in [1.807, 2.05) is 25.2 Å². The molecule has 0 unspecified atom stereocenters. The van der Waals surface area contributed by atoms with Crippen LogP contribution in [0.4, 0.5) is 5.69 Å². The molecule has 112 valence electrons. The first kappa shape index (κ1) is 16.8. The molecule has 0 bridgehead atoms. The number of nitrogens with one attached hydrogen (secondary N) is 2. The minimum atomic E-state index is 0.0423. The van der Waals surface area contributed by atoms with Gasteiger partial charge in [-0.15, -0.1) is 0 Å². The van der Waals surface area contributed by atoms with Crippen molar-refractivity contribution in [2.24, 2.45) is 0 Å². The highest BCUT2D eigenvalue weighted by Gasteiger charge is 2.10. The third kappa shape index (κ3) is 5.39. The van der Waals surface area contributed by atoms with Crippen molar-refractivity contribution >= 4 is 23.2 Å². The summed E-state index contributed by atoms with van der Waals surface area (Å²) in [5, 5.41) is 6.75. The minimum Gasteiger partial charge on any atom is -0.374 e. The van der Waals surface area contributed by atoms with Gasteiger partial charge in [0.05, 0.1) is 0 Å². The number of benzene rings is 1. The van der Waals surface area contributed by atoms with Gasteiger partial charge in [0.15, 0.2) is 0 Å². The van der Waals surface area contributed by atoms with Gasteiger partial charge in [-0.25, -0.2) is 0 Å². The Morgan fingerprint density at radius 1 is 1.40 bits per heavy atom. The number of carbonyl (C=O) groups excluding carboxylic acids is 1. The normalized spacial score (nSPS) is 10.7. The van der Waals surface area contributed by atoms with Crippen LogP contribution in [-0.2, 0) is 11.3 Å². The lowest BCUT2D eigenvalue weighted by Crippen LogP contribution is -2.28. The van der Waals surface area contributed by atoms with Crippen LogP contribution >= 0.6 is 11.6 Å². The summed E-state index contributed by atoms with van der Waals surface area (Å²) in [7, 11) is 3.63. The van der Waals surface area contributed by atoms with Gasteiger partial charge in [-0.2, -0.15) is 0 Å². The van der Waals surface area contributed by atoms with Crippen LogP contribution < -0.4 is 15.5 Å². The number of nitrogens with zero attached hydrogens (tertiary/aromatic N) is 1. The van der Waals surface area contributed by atoms with Crippen molar-refractivity contribution in [3.63, 3.8) is 0 Å². The average molecular weight is 298 g/mol. The van der Waals surface area contributed by atoms with Crippen LogP contribution in [0.1, 0.15) is 25.8 Å². The molecule has 0 saturated carbocycles. The summed E-state index contributed by atoms with van der Waals surface area (Å²) in [5.74, 6) is 0.0423. The standard InChI is InChI=1S/C15H24ClN3O/c1-11(2)18-10-12-5-6-13(16)9-14(12)19(4)8-7-15(20)17-3/h5-6,9,11,18H,7-8,10H2,1-4H3,(H,17,20). The van der Waals surface area contributed by atoms with Gasteiger partial charge >= 0.3 is 0 Å². The van der Waals surface area contributed by atoms with E-state index in [2.05, 4.69) is 29.4 Å². The SMILES string of the molecule is CNC(=O)CCN(C)c1cc(Cl)ccc1CNC(C)C. The number of hydrogen-bond acceptors (Lipinski definition) is 3. The lowest BCUT2D eigenvalue weighted by molar-refractivity contribution is -0.120. The highest BCUT2D eigenvalue weighted by molar-refractivity contribution is 6.30. The van der Waals surface area contributed by atoms with Crippen molar-refractivity contribution in [2.75, 3.05) is 25.5 Å². The van der Waals surface area contributed by atoms with E-state index in [0.29, 0.717) is 24.0 Å². The maximum Gasteiger partial charge on any atom is 0.221 e. The Hall–Kier alpha value is -1.26. The fourth-order valence-corrected chi connectivity index (χ4v) is 2.04. The van der Waals surface area contributed by atoms with E-state index in [0.717, 1.165) is 12.2 Å². The van der Waals surface area contributed by atoms with Gasteiger partial charge in [0.1, 0.15) is 0 Å². The number of halogens is 1. The Labute approximate surface area is 126 Å². The van der Waals surface area contributed by atoms with Gasteiger partial charge < -0.3 is 15.5 Å². The second kappa shape index (κ2) is 8.12. The smallest absolute Gasteiger partial charge is 0.221 e. The van der Waals surface area contributed by atoms with Gasteiger partial charge in [-0.1, -0.05) is 31.5 Å². The molecule has 1 amide bonds. The van der Waals surface area contributed by atoms with Gasteiger partial charge in [-0.3, -0.25) is 4.79 Å². The summed E-state index contributed by atoms with van der Waals surface area (Å²) in [6, 6.07) is 6.30. The fourth-order valence-electron chi connectivity index (χ4n) is 1.87. The molecule has 0 aliphatic carbocycles. The first-order chi connectivity index (χ1) is 9.43. The van der Waals surface area contributed by atoms with Crippen molar-refractivity contribution < 1.29 is 4.79 Å². The van der Waals surface area contributed by atoms with E-state index in [1.165, 1.54) is 5.56 Å². The molecule has 0 radical (unpaired) electrons. The number of amides is 1. The molecular formula is C15H24ClN3O. The van der Waals surface area contributed by atoms with E-state index < -0.39 is 0 Å². The molecule has 1 rings (SSSR count). The summed E-state index contributed by atoms with van der Waals surface area (Å²) in [6.45, 7) is 5.68. The van der Waals surface area contributed by atoms with Crippen molar-refractivity contribution in [1.29, 1.82) is 0 Å². The zero-order valence-electron chi connectivity index (χ0n) is 12.7. The molecule has 0 heterocycles. The quantitative estimate of drug-likeness (QED) is 0.812. The zero-order chi connectivity index (χ0) is 15.1. The van der Waals surface area contributed by atoms with E-state index >= 15 is 0 Å². The van der Waals surface area contributed by atoms with E-state index in [1.54, 1.807) is 7.05 Å². The van der Waals surface area contributed by atoms with Crippen LogP contribution in [0.2, 0.25) is 5.02 Å². The van der Waals surface area contributed by atoms with Crippen LogP contribution in [0.25, 0.3) is 0 Å². The summed E-state index contributed by atoms with van der Waals surface area (Å²) >= 11 is 6.09. The first-order valence-corrected chi connectivity index (χ1v) is 7.25. The van der Waals surface area contributed by atoms with E-state index in [-0.39, 0.29) is 5.91 Å². The van der Waals surface area contributed by atoms with Gasteiger partial charge in [0.2, 0.25) is 5.91 Å². The minimum absolute atomic E-state index is 0.0423. The summed E-state index contributed by atoms with van der Waals surface area (Å²) < 4.78 is 0. The molecule has 0 aliphatic heterocycles. The van der Waals surface area contributed by atoms with Crippen LogP contribution in [0.15, 0.2) is 18.2 Å². The monoisotopic (exact) mass is 297 g/mol. The largest absolute Gasteiger partial charge is 0.374 e. The average Bonchev–Trinajstić information content (AvgIpc) is 2.42. The molecule has 1 aromatic rings. The zero-order valence-corrected chi connectivity index (χ0v) is 13.4. The molecule has 0 aliphatic rings. The number of carbonyl (C=O) groups is 1. The molecule has 0 spiro atoms. The second-order valence-electron chi connectivity index (χ2n) is 5.15. The topological polar surface area (TPSA) is 44.4 Å². The van der Waals surface area contributed by atoms with Crippen LogP contribution in [0.3, 0.4) is 0 Å². The molecule has 4 nitrogen and oxygen atoms in total. The highest BCUT2D eigenvalue weighted by atomic mass is 35.5. The molecule has 1 aromatic carbocycles. The molecule has 0 saturated heterocycles. The molecule has 0 fully saturated rings. The third-order valence-electron chi connectivity index (χ3n) is 3.11. The van der Waals surface area contributed by atoms with Crippen LogP contribution in [0.5, 0.6) is 0 Å². The molecule has 5 heteroatoms. The molecule has 0 atom stereocenters. The van der Waals surface area contributed by atoms with E-state index in [4.69, 9.17) is 11.6 Å². The van der Waals surface area contributed by atoms with Crippen molar-refractivity contribution in [3.05, 3.63) is 28.8 Å². The Kier molecular flexibility index (Phi) is 6.82. The van der Waals surface area contributed by atoms with E-state index in [9.17, 15) is 4.79 Å². The molecule has 20 heavy (non-hydrogen) atoms. The van der Waals surface area contributed by atoms with Crippen molar-refractivity contribution in [3.8, 4) is 0 Å². The highest BCUT2D eigenvalue weighted by Crippen LogP contribution is 2.24. The van der Waals surface area contributed by atoms with Crippen molar-refractivity contribution in [2.45, 2.75) is 32.9 Å². The third-order valence-corrected chi connectivity index (χ3v) is 3.35. The number of hydrogen-bond donors (Lipinski definition) is 2. The molecule has 0 aromatic heterocycles. The predicted molar refractivity (Wildman–Crippen MR) is 85.4 cm³/mol. The predicted octanol–water partition coefficient (Wildman–Crippen LogP) is 2.41. The lowest BCUT2D eigenvalue weighted by Gasteiger charge is -2.23. The van der Waals surface area contributed by atoms with Crippen LogP contribution in [-0.4, -0.2) is 32.6 Å². The molecule has 2 N–H and O–H groups in total. The van der Waals surface area contributed by atoms with Gasteiger partial charge in [0.25, 0.3) is 0 Å². The maximum atomic E-state index is 11.3. The lowest BCUT2D eigenvalue weighted by atomic mass is 10.1. The first-order valence-electron chi connectivity index (χ1n) is 6.87. The summed E-state index contributed by atoms with van der Waals surface area (Å²) in [4.78, 5) is 13.4. The fraction of sp³-hybridized carbons (Fsp3) is 0.533. The number of anilines is 1. The molecular weight excluding hydrogens is 274 g/mol.